The number of hydrogen-bond acceptors (Lipinski definition) is 4. The van der Waals surface area contributed by atoms with Gasteiger partial charge in [-0.25, -0.2) is 9.97 Å². The van der Waals surface area contributed by atoms with E-state index < -0.39 is 0 Å². The van der Waals surface area contributed by atoms with Crippen molar-refractivity contribution in [3.8, 4) is 17.0 Å². The van der Waals surface area contributed by atoms with Gasteiger partial charge in [-0.2, -0.15) is 0 Å². The molecule has 0 saturated heterocycles. The molecule has 0 atom stereocenters. The van der Waals surface area contributed by atoms with E-state index in [-0.39, 0.29) is 5.75 Å². The minimum atomic E-state index is 0.234. The molecule has 0 aliphatic heterocycles. The van der Waals surface area contributed by atoms with E-state index in [9.17, 15) is 5.11 Å². The Balaban J connectivity index is 2.52. The second-order valence-corrected chi connectivity index (χ2v) is 3.88. The number of aryl methyl sites for hydroxylation is 1. The quantitative estimate of drug-likeness (QED) is 0.839. The van der Waals surface area contributed by atoms with Gasteiger partial charge in [0.1, 0.15) is 11.6 Å². The van der Waals surface area contributed by atoms with Crippen molar-refractivity contribution in [3.05, 3.63) is 41.9 Å². The van der Waals surface area contributed by atoms with Crippen LogP contribution in [0.1, 0.15) is 11.4 Å². The first-order valence-electron chi connectivity index (χ1n) is 5.52. The Morgan fingerprint density at radius 1 is 1.35 bits per heavy atom. The number of phenolic OH excluding ortho intramolecular Hbond substituents is 1. The van der Waals surface area contributed by atoms with Crippen LogP contribution < -0.4 is 5.73 Å². The number of aromatic nitrogens is 2. The van der Waals surface area contributed by atoms with Gasteiger partial charge in [0.15, 0.2) is 0 Å². The van der Waals surface area contributed by atoms with E-state index >= 15 is 0 Å². The Labute approximate surface area is 100 Å². The molecule has 3 N–H and O–H groups in total. The normalized spacial score (nSPS) is 10.5. The van der Waals surface area contributed by atoms with Crippen LogP contribution in [-0.2, 0) is 6.42 Å². The number of phenols is 1. The molecule has 4 heteroatoms. The van der Waals surface area contributed by atoms with Crippen LogP contribution in [0, 0.1) is 6.92 Å². The Morgan fingerprint density at radius 3 is 2.88 bits per heavy atom. The standard InChI is InChI=1S/C13H15N3O/c1-9-15-8-11(5-6-14)13(16-9)10-3-2-4-12(17)7-10/h2-4,7-8,17H,5-6,14H2,1H3. The molecular weight excluding hydrogens is 214 g/mol. The van der Waals surface area contributed by atoms with Crippen LogP contribution in [0.5, 0.6) is 5.75 Å². The fourth-order valence-corrected chi connectivity index (χ4v) is 1.74. The molecule has 0 bridgehead atoms. The highest BCUT2D eigenvalue weighted by molar-refractivity contribution is 5.64. The summed E-state index contributed by atoms with van der Waals surface area (Å²) in [5, 5.41) is 9.50. The number of nitrogens with zero attached hydrogens (tertiary/aromatic N) is 2. The van der Waals surface area contributed by atoms with Gasteiger partial charge in [0.05, 0.1) is 5.69 Å². The fourth-order valence-electron chi connectivity index (χ4n) is 1.74. The van der Waals surface area contributed by atoms with Gasteiger partial charge in [-0.3, -0.25) is 0 Å². The zero-order valence-electron chi connectivity index (χ0n) is 9.72. The summed E-state index contributed by atoms with van der Waals surface area (Å²) in [5.41, 5.74) is 8.31. The predicted molar refractivity (Wildman–Crippen MR) is 66.6 cm³/mol. The molecule has 0 amide bonds. The van der Waals surface area contributed by atoms with Crippen LogP contribution in [0.4, 0.5) is 0 Å². The van der Waals surface area contributed by atoms with E-state index in [2.05, 4.69) is 9.97 Å². The van der Waals surface area contributed by atoms with Gasteiger partial charge in [0.25, 0.3) is 0 Å². The number of hydrogen-bond donors (Lipinski definition) is 2. The molecule has 0 saturated carbocycles. The van der Waals surface area contributed by atoms with Crippen molar-refractivity contribution in [1.82, 2.24) is 9.97 Å². The summed E-state index contributed by atoms with van der Waals surface area (Å²) in [4.78, 5) is 8.60. The predicted octanol–water partition coefficient (Wildman–Crippen LogP) is 1.66. The number of aromatic hydroxyl groups is 1. The average molecular weight is 229 g/mol. The molecule has 88 valence electrons. The molecule has 1 aromatic heterocycles. The first-order valence-corrected chi connectivity index (χ1v) is 5.52. The highest BCUT2D eigenvalue weighted by Gasteiger charge is 2.08. The third-order valence-electron chi connectivity index (χ3n) is 2.52. The van der Waals surface area contributed by atoms with Crippen molar-refractivity contribution in [3.63, 3.8) is 0 Å². The smallest absolute Gasteiger partial charge is 0.125 e. The molecule has 2 rings (SSSR count). The minimum absolute atomic E-state index is 0.234. The third-order valence-corrected chi connectivity index (χ3v) is 2.52. The van der Waals surface area contributed by atoms with Crippen LogP contribution in [0.2, 0.25) is 0 Å². The van der Waals surface area contributed by atoms with Gasteiger partial charge < -0.3 is 10.8 Å². The van der Waals surface area contributed by atoms with Crippen LogP contribution in [-0.4, -0.2) is 21.6 Å². The molecule has 1 heterocycles. The molecule has 17 heavy (non-hydrogen) atoms. The van der Waals surface area contributed by atoms with Crippen molar-refractivity contribution in [2.45, 2.75) is 13.3 Å². The Kier molecular flexibility index (Phi) is 3.35. The minimum Gasteiger partial charge on any atom is -0.508 e. The Bertz CT molecular complexity index is 526. The van der Waals surface area contributed by atoms with E-state index in [0.717, 1.165) is 23.2 Å². The van der Waals surface area contributed by atoms with Gasteiger partial charge in [0.2, 0.25) is 0 Å². The first kappa shape index (κ1) is 11.5. The van der Waals surface area contributed by atoms with Crippen molar-refractivity contribution in [2.24, 2.45) is 5.73 Å². The lowest BCUT2D eigenvalue weighted by molar-refractivity contribution is 0.475. The van der Waals surface area contributed by atoms with Gasteiger partial charge in [0, 0.05) is 11.8 Å². The van der Waals surface area contributed by atoms with E-state index in [1.807, 2.05) is 13.0 Å². The number of nitrogens with two attached hydrogens (primary N) is 1. The lowest BCUT2D eigenvalue weighted by atomic mass is 10.0. The van der Waals surface area contributed by atoms with Gasteiger partial charge in [-0.05, 0) is 37.6 Å². The molecule has 0 unspecified atom stereocenters. The number of rotatable bonds is 3. The Hall–Kier alpha value is -1.94. The van der Waals surface area contributed by atoms with Crippen molar-refractivity contribution in [2.75, 3.05) is 6.54 Å². The third kappa shape index (κ3) is 2.60. The summed E-state index contributed by atoms with van der Waals surface area (Å²) in [7, 11) is 0. The second kappa shape index (κ2) is 4.93. The van der Waals surface area contributed by atoms with Crippen LogP contribution in [0.15, 0.2) is 30.5 Å². The molecule has 0 radical (unpaired) electrons. The largest absolute Gasteiger partial charge is 0.508 e. The van der Waals surface area contributed by atoms with E-state index in [0.29, 0.717) is 12.4 Å². The Morgan fingerprint density at radius 2 is 2.18 bits per heavy atom. The van der Waals surface area contributed by atoms with Crippen LogP contribution >= 0.6 is 0 Å². The molecule has 0 spiro atoms. The van der Waals surface area contributed by atoms with Crippen LogP contribution in [0.3, 0.4) is 0 Å². The van der Waals surface area contributed by atoms with Gasteiger partial charge in [-0.15, -0.1) is 0 Å². The summed E-state index contributed by atoms with van der Waals surface area (Å²) in [6.45, 7) is 2.40. The fraction of sp³-hybridized carbons (Fsp3) is 0.231. The summed E-state index contributed by atoms with van der Waals surface area (Å²) < 4.78 is 0. The zero-order chi connectivity index (χ0) is 12.3. The molecular formula is C13H15N3O. The monoisotopic (exact) mass is 229 g/mol. The summed E-state index contributed by atoms with van der Waals surface area (Å²) >= 11 is 0. The van der Waals surface area contributed by atoms with Crippen molar-refractivity contribution >= 4 is 0 Å². The zero-order valence-corrected chi connectivity index (χ0v) is 9.72. The van der Waals surface area contributed by atoms with Gasteiger partial charge in [-0.1, -0.05) is 12.1 Å². The van der Waals surface area contributed by atoms with E-state index in [1.165, 1.54) is 0 Å². The van der Waals surface area contributed by atoms with Crippen molar-refractivity contribution < 1.29 is 5.11 Å². The van der Waals surface area contributed by atoms with Crippen molar-refractivity contribution in [1.29, 1.82) is 0 Å². The SMILES string of the molecule is Cc1ncc(CCN)c(-c2cccc(O)c2)n1. The van der Waals surface area contributed by atoms with E-state index in [1.54, 1.807) is 24.4 Å². The van der Waals surface area contributed by atoms with E-state index in [4.69, 9.17) is 5.73 Å². The maximum Gasteiger partial charge on any atom is 0.125 e. The maximum absolute atomic E-state index is 9.50. The highest BCUT2D eigenvalue weighted by atomic mass is 16.3. The molecule has 1 aromatic carbocycles. The van der Waals surface area contributed by atoms with Crippen LogP contribution in [0.25, 0.3) is 11.3 Å². The lowest BCUT2D eigenvalue weighted by Crippen LogP contribution is -2.06. The molecule has 4 nitrogen and oxygen atoms in total. The molecule has 0 aliphatic rings. The van der Waals surface area contributed by atoms with Gasteiger partial charge >= 0.3 is 0 Å². The molecule has 0 fully saturated rings. The number of benzene rings is 1. The topological polar surface area (TPSA) is 72.0 Å². The summed E-state index contributed by atoms with van der Waals surface area (Å²) in [6.07, 6.45) is 2.53. The summed E-state index contributed by atoms with van der Waals surface area (Å²) in [5.74, 6) is 0.946. The first-order chi connectivity index (χ1) is 8.20. The molecule has 2 aromatic rings. The lowest BCUT2D eigenvalue weighted by Gasteiger charge is -2.08. The average Bonchev–Trinajstić information content (AvgIpc) is 2.32. The second-order valence-electron chi connectivity index (χ2n) is 3.88. The summed E-state index contributed by atoms with van der Waals surface area (Å²) in [6, 6.07) is 7.05. The highest BCUT2D eigenvalue weighted by Crippen LogP contribution is 2.24. The molecule has 0 aliphatic carbocycles. The maximum atomic E-state index is 9.50.